The molecule has 1 unspecified atom stereocenters. The highest BCUT2D eigenvalue weighted by molar-refractivity contribution is 7.98. The average molecular weight is 465 g/mol. The number of piperidine rings is 1. The van der Waals surface area contributed by atoms with Crippen molar-refractivity contribution in [3.8, 4) is 11.4 Å². The second kappa shape index (κ2) is 12.0. The van der Waals surface area contributed by atoms with Crippen LogP contribution in [0.1, 0.15) is 36.3 Å². The molecule has 33 heavy (non-hydrogen) atoms. The van der Waals surface area contributed by atoms with Gasteiger partial charge in [0.1, 0.15) is 0 Å². The molecule has 1 aliphatic heterocycles. The maximum absolute atomic E-state index is 12.7. The first-order valence-corrected chi connectivity index (χ1v) is 12.8. The summed E-state index contributed by atoms with van der Waals surface area (Å²) >= 11 is 1.92. The molecule has 0 bridgehead atoms. The van der Waals surface area contributed by atoms with Crippen LogP contribution in [0.4, 0.5) is 0 Å². The van der Waals surface area contributed by atoms with Gasteiger partial charge in [-0.05, 0) is 44.0 Å². The van der Waals surface area contributed by atoms with E-state index in [4.69, 9.17) is 4.52 Å². The molecule has 2 aromatic carbocycles. The summed E-state index contributed by atoms with van der Waals surface area (Å²) in [6.07, 6.45) is 2.93. The van der Waals surface area contributed by atoms with Gasteiger partial charge in [0.25, 0.3) is 0 Å². The Balaban J connectivity index is 1.15. The van der Waals surface area contributed by atoms with Crippen LogP contribution in [0.5, 0.6) is 0 Å². The lowest BCUT2D eigenvalue weighted by Gasteiger charge is -2.30. The molecule has 0 saturated carbocycles. The van der Waals surface area contributed by atoms with Gasteiger partial charge in [0.05, 0.1) is 12.5 Å². The molecule has 1 amide bonds. The van der Waals surface area contributed by atoms with E-state index in [1.54, 1.807) is 0 Å². The first kappa shape index (κ1) is 23.5. The largest absolute Gasteiger partial charge is 0.356 e. The van der Waals surface area contributed by atoms with Gasteiger partial charge in [0.2, 0.25) is 17.6 Å². The van der Waals surface area contributed by atoms with Crippen LogP contribution in [0.2, 0.25) is 0 Å². The molecule has 0 radical (unpaired) electrons. The SMILES string of the molecule is Cc1ccc(CSCCCNC(=O)C2CCCN(Cc3nc(-c4ccccc4)no3)C2)cc1. The molecule has 174 valence electrons. The molecule has 7 heteroatoms. The molecule has 1 fully saturated rings. The smallest absolute Gasteiger partial charge is 0.241 e. The Morgan fingerprint density at radius 1 is 1.18 bits per heavy atom. The van der Waals surface area contributed by atoms with Crippen LogP contribution in [0.3, 0.4) is 0 Å². The number of carbonyl (C=O) groups is 1. The minimum absolute atomic E-state index is 0.0236. The molecule has 0 spiro atoms. The molecular formula is C26H32N4O2S. The number of rotatable bonds is 10. The standard InChI is InChI=1S/C26H32N4O2S/c1-20-10-12-21(13-11-20)19-33-16-6-14-27-26(31)23-9-5-15-30(17-23)18-24-28-25(29-32-24)22-7-3-2-4-8-22/h2-4,7-8,10-13,23H,5-6,9,14-19H2,1H3,(H,27,31). The van der Waals surface area contributed by atoms with Crippen LogP contribution >= 0.6 is 11.8 Å². The van der Waals surface area contributed by atoms with Crippen molar-refractivity contribution < 1.29 is 9.32 Å². The molecule has 1 aliphatic rings. The van der Waals surface area contributed by atoms with E-state index >= 15 is 0 Å². The third-order valence-corrected chi connectivity index (χ3v) is 7.00. The molecular weight excluding hydrogens is 432 g/mol. The van der Waals surface area contributed by atoms with Gasteiger partial charge >= 0.3 is 0 Å². The fourth-order valence-electron chi connectivity index (χ4n) is 4.03. The van der Waals surface area contributed by atoms with Gasteiger partial charge in [0.15, 0.2) is 0 Å². The highest BCUT2D eigenvalue weighted by Crippen LogP contribution is 2.20. The highest BCUT2D eigenvalue weighted by atomic mass is 32.2. The maximum Gasteiger partial charge on any atom is 0.241 e. The van der Waals surface area contributed by atoms with Crippen LogP contribution in [-0.2, 0) is 17.1 Å². The highest BCUT2D eigenvalue weighted by Gasteiger charge is 2.26. The van der Waals surface area contributed by atoms with Crippen molar-refractivity contribution in [3.05, 3.63) is 71.6 Å². The Kier molecular flexibility index (Phi) is 8.55. The molecule has 1 N–H and O–H groups in total. The van der Waals surface area contributed by atoms with Gasteiger partial charge in [-0.25, -0.2) is 0 Å². The van der Waals surface area contributed by atoms with Crippen LogP contribution in [0, 0.1) is 12.8 Å². The monoisotopic (exact) mass is 464 g/mol. The fourth-order valence-corrected chi connectivity index (χ4v) is 4.95. The summed E-state index contributed by atoms with van der Waals surface area (Å²) < 4.78 is 5.45. The van der Waals surface area contributed by atoms with Crippen molar-refractivity contribution >= 4 is 17.7 Å². The van der Waals surface area contributed by atoms with Gasteiger partial charge in [-0.2, -0.15) is 16.7 Å². The van der Waals surface area contributed by atoms with E-state index in [0.717, 1.165) is 56.0 Å². The Hall–Kier alpha value is -2.64. The number of nitrogens with one attached hydrogen (secondary N) is 1. The number of hydrogen-bond donors (Lipinski definition) is 1. The number of aromatic nitrogens is 2. The lowest BCUT2D eigenvalue weighted by Crippen LogP contribution is -2.43. The number of aryl methyl sites for hydroxylation is 1. The number of benzene rings is 2. The lowest BCUT2D eigenvalue weighted by molar-refractivity contribution is -0.126. The summed E-state index contributed by atoms with van der Waals surface area (Å²) in [4.78, 5) is 19.4. The van der Waals surface area contributed by atoms with Crippen molar-refractivity contribution in [2.75, 3.05) is 25.4 Å². The lowest BCUT2D eigenvalue weighted by atomic mass is 9.97. The third kappa shape index (κ3) is 7.17. The van der Waals surface area contributed by atoms with E-state index < -0.39 is 0 Å². The van der Waals surface area contributed by atoms with E-state index in [2.05, 4.69) is 51.5 Å². The fraction of sp³-hybridized carbons (Fsp3) is 0.423. The van der Waals surface area contributed by atoms with Crippen LogP contribution in [-0.4, -0.2) is 46.3 Å². The molecule has 2 heterocycles. The van der Waals surface area contributed by atoms with Crippen molar-refractivity contribution in [1.82, 2.24) is 20.4 Å². The van der Waals surface area contributed by atoms with Gasteiger partial charge < -0.3 is 9.84 Å². The van der Waals surface area contributed by atoms with Crippen molar-refractivity contribution in [2.24, 2.45) is 5.92 Å². The summed E-state index contributed by atoms with van der Waals surface area (Å²) in [6.45, 7) is 5.11. The van der Waals surface area contributed by atoms with E-state index in [0.29, 0.717) is 18.3 Å². The minimum atomic E-state index is 0.0236. The summed E-state index contributed by atoms with van der Waals surface area (Å²) in [5.74, 6) is 3.46. The summed E-state index contributed by atoms with van der Waals surface area (Å²) in [5.41, 5.74) is 3.59. The number of likely N-dealkylation sites (tertiary alicyclic amines) is 1. The first-order chi connectivity index (χ1) is 16.2. The molecule has 1 atom stereocenters. The van der Waals surface area contributed by atoms with Crippen molar-refractivity contribution in [1.29, 1.82) is 0 Å². The van der Waals surface area contributed by atoms with Gasteiger partial charge in [-0.3, -0.25) is 9.69 Å². The second-order valence-corrected chi connectivity index (χ2v) is 9.74. The maximum atomic E-state index is 12.7. The Morgan fingerprint density at radius 2 is 2.00 bits per heavy atom. The quantitative estimate of drug-likeness (QED) is 0.439. The van der Waals surface area contributed by atoms with Crippen molar-refractivity contribution in [3.63, 3.8) is 0 Å². The predicted molar refractivity (Wildman–Crippen MR) is 133 cm³/mol. The summed E-state index contributed by atoms with van der Waals surface area (Å²) in [7, 11) is 0. The number of hydrogen-bond acceptors (Lipinski definition) is 6. The zero-order valence-corrected chi connectivity index (χ0v) is 20.0. The topological polar surface area (TPSA) is 71.3 Å². The summed E-state index contributed by atoms with van der Waals surface area (Å²) in [5, 5.41) is 7.24. The normalized spacial score (nSPS) is 16.6. The average Bonchev–Trinajstić information content (AvgIpc) is 3.31. The van der Waals surface area contributed by atoms with Crippen molar-refractivity contribution in [2.45, 2.75) is 38.5 Å². The molecule has 6 nitrogen and oxygen atoms in total. The van der Waals surface area contributed by atoms with Gasteiger partial charge in [-0.15, -0.1) is 0 Å². The Morgan fingerprint density at radius 3 is 2.82 bits per heavy atom. The van der Waals surface area contributed by atoms with E-state index in [-0.39, 0.29) is 11.8 Å². The Labute approximate surface area is 200 Å². The van der Waals surface area contributed by atoms with Crippen LogP contribution in [0.25, 0.3) is 11.4 Å². The van der Waals surface area contributed by atoms with Crippen LogP contribution < -0.4 is 5.32 Å². The predicted octanol–water partition coefficient (Wildman–Crippen LogP) is 4.70. The number of nitrogens with zero attached hydrogens (tertiary/aromatic N) is 3. The molecule has 1 saturated heterocycles. The zero-order valence-electron chi connectivity index (χ0n) is 19.2. The van der Waals surface area contributed by atoms with E-state index in [9.17, 15) is 4.79 Å². The van der Waals surface area contributed by atoms with Crippen LogP contribution in [0.15, 0.2) is 59.1 Å². The third-order valence-electron chi connectivity index (χ3n) is 5.89. The van der Waals surface area contributed by atoms with Gasteiger partial charge in [-0.1, -0.05) is 65.3 Å². The molecule has 0 aliphatic carbocycles. The molecule has 4 rings (SSSR count). The van der Waals surface area contributed by atoms with E-state index in [1.165, 1.54) is 11.1 Å². The second-order valence-electron chi connectivity index (χ2n) is 8.63. The van der Waals surface area contributed by atoms with E-state index in [1.807, 2.05) is 42.1 Å². The number of thioether (sulfide) groups is 1. The molecule has 3 aromatic rings. The molecule has 1 aromatic heterocycles. The van der Waals surface area contributed by atoms with Gasteiger partial charge in [0, 0.05) is 24.4 Å². The number of carbonyl (C=O) groups excluding carboxylic acids is 1. The zero-order chi connectivity index (χ0) is 22.9. The Bertz CT molecular complexity index is 1010. The number of amides is 1. The first-order valence-electron chi connectivity index (χ1n) is 11.7. The minimum Gasteiger partial charge on any atom is -0.356 e. The summed E-state index contributed by atoms with van der Waals surface area (Å²) in [6, 6.07) is 18.5.